The minimum Gasteiger partial charge on any atom is -0.726 e. The van der Waals surface area contributed by atoms with Crippen LogP contribution in [0.15, 0.2) is 0 Å². The molecular weight excluding hydrogens is 532 g/mol. The van der Waals surface area contributed by atoms with Crippen molar-refractivity contribution >= 4 is 20.8 Å². The molecule has 0 aliphatic carbocycles. The largest absolute Gasteiger partial charge is 0.726 e. The molecule has 2 aliphatic rings. The molecule has 2 rings (SSSR count). The average molecular weight is 557 g/mol. The fourth-order valence-electron chi connectivity index (χ4n) is 3.74. The van der Waals surface area contributed by atoms with Gasteiger partial charge in [-0.2, -0.15) is 0 Å². The SMILES string of the molecule is CO[C@@H]1OCC(COO[O-])[C@H](O[C@@H]2OC(CO)[C@H](OS(=O)(=O)[O-])[C@H](C)C2O)C(O)[C@@H]1OS(=O)(=O)[O-]. The van der Waals surface area contributed by atoms with Crippen molar-refractivity contribution in [1.29, 1.82) is 0 Å². The second-order valence-electron chi connectivity index (χ2n) is 7.65. The van der Waals surface area contributed by atoms with E-state index in [1.165, 1.54) is 6.92 Å². The molecule has 10 atom stereocenters. The van der Waals surface area contributed by atoms with E-state index in [4.69, 9.17) is 18.9 Å². The van der Waals surface area contributed by atoms with E-state index in [1.807, 2.05) is 0 Å². The maximum absolute atomic E-state index is 11.2. The van der Waals surface area contributed by atoms with Gasteiger partial charge in [-0.3, -0.25) is 13.4 Å². The zero-order valence-corrected chi connectivity index (χ0v) is 19.8. The van der Waals surface area contributed by atoms with Gasteiger partial charge in [0.25, 0.3) is 0 Å². The number of rotatable bonds is 11. The molecule has 0 bridgehead atoms. The van der Waals surface area contributed by atoms with Crippen LogP contribution >= 0.6 is 0 Å². The summed E-state index contributed by atoms with van der Waals surface area (Å²) in [7, 11) is -9.63. The van der Waals surface area contributed by atoms with E-state index in [0.717, 1.165) is 7.11 Å². The third-order valence-electron chi connectivity index (χ3n) is 5.38. The highest BCUT2D eigenvalue weighted by atomic mass is 32.3. The van der Waals surface area contributed by atoms with Gasteiger partial charge in [-0.15, -0.1) is 0 Å². The van der Waals surface area contributed by atoms with Crippen LogP contribution in [0.2, 0.25) is 0 Å². The smallest absolute Gasteiger partial charge is 0.218 e. The second kappa shape index (κ2) is 12.7. The van der Waals surface area contributed by atoms with Crippen LogP contribution in [0.4, 0.5) is 0 Å². The number of ether oxygens (including phenoxy) is 4. The van der Waals surface area contributed by atoms with Crippen LogP contribution in [0.3, 0.4) is 0 Å². The van der Waals surface area contributed by atoms with Gasteiger partial charge in [0.2, 0.25) is 20.8 Å². The summed E-state index contributed by atoms with van der Waals surface area (Å²) in [4.78, 5) is 4.31. The Bertz CT molecular complexity index is 863. The molecule has 2 aliphatic heterocycles. The maximum atomic E-state index is 11.2. The fourth-order valence-corrected chi connectivity index (χ4v) is 4.78. The number of hydrogen-bond donors (Lipinski definition) is 3. The molecule has 2 fully saturated rings. The van der Waals surface area contributed by atoms with Crippen molar-refractivity contribution in [3.8, 4) is 0 Å². The Balaban J connectivity index is 2.35. The van der Waals surface area contributed by atoms with Crippen molar-refractivity contribution in [2.24, 2.45) is 11.8 Å². The van der Waals surface area contributed by atoms with Crippen LogP contribution in [0.5, 0.6) is 0 Å². The summed E-state index contributed by atoms with van der Waals surface area (Å²) in [6.45, 7) is -0.724. The highest BCUT2D eigenvalue weighted by Crippen LogP contribution is 2.34. The zero-order chi connectivity index (χ0) is 26.6. The molecule has 35 heavy (non-hydrogen) atoms. The maximum Gasteiger partial charge on any atom is 0.218 e. The summed E-state index contributed by atoms with van der Waals surface area (Å²) >= 11 is 0. The van der Waals surface area contributed by atoms with Gasteiger partial charge in [-0.1, -0.05) is 6.92 Å². The molecule has 208 valence electrons. The van der Waals surface area contributed by atoms with Crippen molar-refractivity contribution in [2.75, 3.05) is 26.9 Å². The number of aliphatic hydroxyl groups excluding tert-OH is 3. The first-order valence-electron chi connectivity index (χ1n) is 9.84. The van der Waals surface area contributed by atoms with Crippen molar-refractivity contribution in [2.45, 2.75) is 56.1 Å². The summed E-state index contributed by atoms with van der Waals surface area (Å²) in [6, 6.07) is 0. The Kier molecular flexibility index (Phi) is 11.1. The Morgan fingerprint density at radius 1 is 0.971 bits per heavy atom. The van der Waals surface area contributed by atoms with Gasteiger partial charge >= 0.3 is 0 Å². The van der Waals surface area contributed by atoms with Gasteiger partial charge in [0, 0.05) is 18.9 Å². The lowest BCUT2D eigenvalue weighted by Gasteiger charge is -2.44. The third kappa shape index (κ3) is 8.43. The van der Waals surface area contributed by atoms with Crippen molar-refractivity contribution < 1.29 is 83.8 Å². The van der Waals surface area contributed by atoms with Gasteiger partial charge in [-0.25, -0.2) is 21.7 Å². The predicted molar refractivity (Wildman–Crippen MR) is 98.2 cm³/mol. The van der Waals surface area contributed by atoms with Crippen molar-refractivity contribution in [3.63, 3.8) is 0 Å². The molecular formula is C15H25O18S2-3. The van der Waals surface area contributed by atoms with Crippen LogP contribution in [0.25, 0.3) is 0 Å². The molecule has 2 saturated heterocycles. The zero-order valence-electron chi connectivity index (χ0n) is 18.2. The highest BCUT2D eigenvalue weighted by Gasteiger charge is 2.50. The normalized spacial score (nSPS) is 39.3. The summed E-state index contributed by atoms with van der Waals surface area (Å²) in [6.07, 6.45) is -14.0. The molecule has 3 N–H and O–H groups in total. The molecule has 0 spiro atoms. The quantitative estimate of drug-likeness (QED) is 0.0927. The molecule has 18 nitrogen and oxygen atoms in total. The highest BCUT2D eigenvalue weighted by molar-refractivity contribution is 7.81. The second-order valence-corrected chi connectivity index (χ2v) is 9.67. The molecule has 2 heterocycles. The minimum atomic E-state index is -5.41. The Morgan fingerprint density at radius 2 is 1.57 bits per heavy atom. The Hall–Kier alpha value is -0.660. The van der Waals surface area contributed by atoms with Gasteiger partial charge in [0.1, 0.15) is 24.4 Å². The van der Waals surface area contributed by atoms with E-state index in [9.17, 15) is 46.5 Å². The molecule has 20 heteroatoms. The molecule has 0 aromatic rings. The van der Waals surface area contributed by atoms with E-state index < -0.39 is 102 Å². The fraction of sp³-hybridized carbons (Fsp3) is 1.00. The van der Waals surface area contributed by atoms with Crippen LogP contribution in [0.1, 0.15) is 6.92 Å². The minimum absolute atomic E-state index is 0.454. The molecule has 0 saturated carbocycles. The summed E-state index contributed by atoms with van der Waals surface area (Å²) in [5, 5.41) is 44.6. The van der Waals surface area contributed by atoms with Crippen molar-refractivity contribution in [3.05, 3.63) is 0 Å². The van der Waals surface area contributed by atoms with Gasteiger partial charge in [0.05, 0.1) is 25.9 Å². The first kappa shape index (κ1) is 30.6. The van der Waals surface area contributed by atoms with Crippen LogP contribution in [0, 0.1) is 11.8 Å². The van der Waals surface area contributed by atoms with E-state index in [0.29, 0.717) is 0 Å². The summed E-state index contributed by atoms with van der Waals surface area (Å²) < 4.78 is 96.4. The van der Waals surface area contributed by atoms with Crippen LogP contribution in [-0.4, -0.2) is 117 Å². The average Bonchev–Trinajstić information content (AvgIpc) is 2.87. The van der Waals surface area contributed by atoms with Gasteiger partial charge in [-0.05, 0) is 0 Å². The molecule has 4 unspecified atom stereocenters. The van der Waals surface area contributed by atoms with E-state index in [2.05, 4.69) is 18.3 Å². The number of methoxy groups -OCH3 is 1. The lowest BCUT2D eigenvalue weighted by atomic mass is 9.90. The Labute approximate surface area is 199 Å². The Morgan fingerprint density at radius 3 is 2.09 bits per heavy atom. The topological polar surface area (TPSA) is 272 Å². The van der Waals surface area contributed by atoms with Gasteiger partial charge in [0.15, 0.2) is 18.7 Å². The molecule has 0 amide bonds. The van der Waals surface area contributed by atoms with Crippen LogP contribution in [-0.2, 0) is 58.0 Å². The number of hydrogen-bond acceptors (Lipinski definition) is 18. The van der Waals surface area contributed by atoms with E-state index in [1.54, 1.807) is 0 Å². The van der Waals surface area contributed by atoms with Crippen molar-refractivity contribution in [1.82, 2.24) is 0 Å². The summed E-state index contributed by atoms with van der Waals surface area (Å²) in [5.74, 6) is -2.36. The van der Waals surface area contributed by atoms with Crippen LogP contribution < -0.4 is 5.26 Å². The van der Waals surface area contributed by atoms with Gasteiger partial charge < -0.3 is 48.6 Å². The summed E-state index contributed by atoms with van der Waals surface area (Å²) in [5.41, 5.74) is 0. The predicted octanol–water partition coefficient (Wildman–Crippen LogP) is -5.02. The third-order valence-corrected chi connectivity index (χ3v) is 6.30. The lowest BCUT2D eigenvalue weighted by Crippen LogP contribution is -2.59. The first-order valence-corrected chi connectivity index (χ1v) is 12.5. The monoisotopic (exact) mass is 557 g/mol. The van der Waals surface area contributed by atoms with E-state index in [-0.39, 0.29) is 0 Å². The standard InChI is InChI=1S/C15H28O18S2/c1-6-9(17)14(29-8(3-16)11(6)31-34(20,21)22)30-12-7(5-28-33-19)4-27-15(26-2)13(10(12)18)32-35(23,24)25/h6-19H,3-5H2,1-2H3,(H,20,21,22)(H,23,24,25)/p-3/t6-,7?,8?,9?,10?,11-,12+,13+,14+,15-/m1/s1. The molecule has 0 aromatic heterocycles. The van der Waals surface area contributed by atoms with E-state index >= 15 is 0 Å². The molecule has 0 radical (unpaired) electrons. The first-order chi connectivity index (χ1) is 16.2. The lowest BCUT2D eigenvalue weighted by molar-refractivity contribution is -0.800. The number of aliphatic hydroxyl groups is 3. The molecule has 0 aromatic carbocycles.